The van der Waals surface area contributed by atoms with Gasteiger partial charge in [0, 0.05) is 17.0 Å². The predicted octanol–water partition coefficient (Wildman–Crippen LogP) is 4.56. The number of amidine groups is 1. The first kappa shape index (κ1) is 19.9. The number of ether oxygens (including phenoxy) is 1. The summed E-state index contributed by atoms with van der Waals surface area (Å²) in [4.78, 5) is 16.8. The topological polar surface area (TPSA) is 76.7 Å². The van der Waals surface area contributed by atoms with Gasteiger partial charge in [-0.15, -0.1) is 0 Å². The van der Waals surface area contributed by atoms with Crippen LogP contribution in [0.3, 0.4) is 0 Å². The molecule has 148 valence electrons. The molecule has 0 unspecified atom stereocenters. The molecule has 1 amide bonds. The van der Waals surface area contributed by atoms with Gasteiger partial charge in [0.2, 0.25) is 0 Å². The van der Waals surface area contributed by atoms with Crippen LogP contribution in [0.5, 0.6) is 0 Å². The predicted molar refractivity (Wildman–Crippen MR) is 104 cm³/mol. The molecule has 3 rings (SSSR count). The van der Waals surface area contributed by atoms with Gasteiger partial charge in [0.15, 0.2) is 16.8 Å². The van der Waals surface area contributed by atoms with Crippen molar-refractivity contribution in [3.8, 4) is 0 Å². The number of anilines is 1. The van der Waals surface area contributed by atoms with E-state index in [0.29, 0.717) is 17.3 Å². The van der Waals surface area contributed by atoms with Gasteiger partial charge in [0.1, 0.15) is 5.60 Å². The summed E-state index contributed by atoms with van der Waals surface area (Å²) in [5.41, 5.74) is 4.56. The lowest BCUT2D eigenvalue weighted by Gasteiger charge is -2.44. The van der Waals surface area contributed by atoms with Crippen molar-refractivity contribution < 1.29 is 18.3 Å². The van der Waals surface area contributed by atoms with Gasteiger partial charge in [-0.25, -0.2) is 13.6 Å². The summed E-state index contributed by atoms with van der Waals surface area (Å²) in [6.45, 7) is 5.31. The highest BCUT2D eigenvalue weighted by Crippen LogP contribution is 2.50. The molecular formula is C19H25F2N3O2S. The zero-order valence-corrected chi connectivity index (χ0v) is 16.6. The average molecular weight is 397 g/mol. The van der Waals surface area contributed by atoms with Gasteiger partial charge in [-0.3, -0.25) is 10.3 Å². The molecule has 1 aromatic rings. The molecule has 3 N–H and O–H groups in total. The first-order valence-electron chi connectivity index (χ1n) is 9.08. The second-order valence-electron chi connectivity index (χ2n) is 8.09. The van der Waals surface area contributed by atoms with E-state index in [9.17, 15) is 13.6 Å². The highest BCUT2D eigenvalue weighted by atomic mass is 32.2. The van der Waals surface area contributed by atoms with Crippen LogP contribution in [-0.4, -0.2) is 22.6 Å². The van der Waals surface area contributed by atoms with E-state index >= 15 is 0 Å². The Hall–Kier alpha value is -1.83. The number of halogens is 2. The smallest absolute Gasteiger partial charge is 0.413 e. The largest absolute Gasteiger partial charge is 0.444 e. The quantitative estimate of drug-likeness (QED) is 0.681. The maximum Gasteiger partial charge on any atom is 0.413 e. The Morgan fingerprint density at radius 2 is 2.11 bits per heavy atom. The zero-order valence-electron chi connectivity index (χ0n) is 15.8. The number of fused-ring (bicyclic) bond motifs is 1. The van der Waals surface area contributed by atoms with E-state index in [1.54, 1.807) is 20.8 Å². The second-order valence-corrected chi connectivity index (χ2v) is 9.09. The highest BCUT2D eigenvalue weighted by molar-refractivity contribution is 8.13. The van der Waals surface area contributed by atoms with Crippen LogP contribution in [0, 0.1) is 17.6 Å². The molecule has 0 bridgehead atoms. The minimum absolute atomic E-state index is 0.0520. The number of benzene rings is 1. The Bertz CT molecular complexity index is 779. The first-order valence-corrected chi connectivity index (χ1v) is 10.1. The molecule has 5 nitrogen and oxygen atoms in total. The van der Waals surface area contributed by atoms with Crippen molar-refractivity contribution in [2.45, 2.75) is 57.6 Å². The normalized spacial score (nSPS) is 25.4. The van der Waals surface area contributed by atoms with Crippen LogP contribution in [0.4, 0.5) is 19.3 Å². The molecule has 0 spiro atoms. The van der Waals surface area contributed by atoms with E-state index in [1.165, 1.54) is 17.8 Å². The first-order chi connectivity index (χ1) is 12.6. The fourth-order valence-corrected chi connectivity index (χ4v) is 4.97. The van der Waals surface area contributed by atoms with Crippen molar-refractivity contribution in [3.05, 3.63) is 29.3 Å². The van der Waals surface area contributed by atoms with Crippen LogP contribution in [0.2, 0.25) is 0 Å². The van der Waals surface area contributed by atoms with E-state index in [1.807, 2.05) is 0 Å². The number of rotatable bonds is 1. The van der Waals surface area contributed by atoms with Crippen molar-refractivity contribution in [2.75, 3.05) is 11.5 Å². The third kappa shape index (κ3) is 4.20. The molecule has 1 aliphatic carbocycles. The number of nitrogen functional groups attached to an aromatic ring is 1. The van der Waals surface area contributed by atoms with Gasteiger partial charge >= 0.3 is 6.09 Å². The van der Waals surface area contributed by atoms with E-state index in [0.717, 1.165) is 25.3 Å². The third-order valence-corrected chi connectivity index (χ3v) is 5.92. The summed E-state index contributed by atoms with van der Waals surface area (Å²) < 4.78 is 34.0. The fraction of sp³-hybridized carbons (Fsp3) is 0.579. The zero-order chi connectivity index (χ0) is 19.8. The highest BCUT2D eigenvalue weighted by Gasteiger charge is 2.47. The molecule has 0 radical (unpaired) electrons. The molecule has 1 heterocycles. The van der Waals surface area contributed by atoms with Gasteiger partial charge in [0.25, 0.3) is 0 Å². The SMILES string of the molecule is CC(C)(C)OC(=O)NC1=N[C@@]2(c3cc(N)cc(F)c3F)CCCC[C@H]2CS1. The summed E-state index contributed by atoms with van der Waals surface area (Å²) in [5.74, 6) is -1.18. The Balaban J connectivity index is 2.00. The molecule has 8 heteroatoms. The van der Waals surface area contributed by atoms with Crippen LogP contribution in [0.1, 0.15) is 52.0 Å². The summed E-state index contributed by atoms with van der Waals surface area (Å²) in [5, 5.41) is 3.02. The lowest BCUT2D eigenvalue weighted by molar-refractivity contribution is 0.0563. The van der Waals surface area contributed by atoms with Crippen LogP contribution in [-0.2, 0) is 10.3 Å². The number of hydrogen-bond acceptors (Lipinski definition) is 5. The number of amides is 1. The molecule has 1 aliphatic heterocycles. The Kier molecular flexibility index (Phi) is 5.38. The van der Waals surface area contributed by atoms with Gasteiger partial charge in [0.05, 0.1) is 5.54 Å². The number of carbonyl (C=O) groups excluding carboxylic acids is 1. The molecule has 1 fully saturated rings. The summed E-state index contributed by atoms with van der Waals surface area (Å²) in [6, 6.07) is 2.45. The molecule has 0 aromatic heterocycles. The van der Waals surface area contributed by atoms with Crippen molar-refractivity contribution in [3.63, 3.8) is 0 Å². The Labute approximate surface area is 162 Å². The summed E-state index contributed by atoms with van der Waals surface area (Å²) in [7, 11) is 0. The van der Waals surface area contributed by atoms with Crippen molar-refractivity contribution >= 4 is 28.7 Å². The number of nitrogens with zero attached hydrogens (tertiary/aromatic N) is 1. The molecule has 2 atom stereocenters. The number of aliphatic imine (C=N–C) groups is 1. The van der Waals surface area contributed by atoms with Crippen LogP contribution >= 0.6 is 11.8 Å². The third-order valence-electron chi connectivity index (χ3n) is 4.88. The number of nitrogens with one attached hydrogen (secondary N) is 1. The number of hydrogen-bond donors (Lipinski definition) is 2. The number of nitrogens with two attached hydrogens (primary N) is 1. The standard InChI is InChI=1S/C19H25F2N3O2S/c1-18(2,3)26-17(25)23-16-24-19(7-5-4-6-11(19)10-27-16)13-8-12(22)9-14(20)15(13)21/h8-9,11H,4-7,10,22H2,1-3H3,(H,23,24,25)/t11-,19-/m0/s1. The van der Waals surface area contributed by atoms with Crippen molar-refractivity contribution in [1.29, 1.82) is 0 Å². The van der Waals surface area contributed by atoms with E-state index < -0.39 is 28.9 Å². The monoisotopic (exact) mass is 397 g/mol. The average Bonchev–Trinajstić information content (AvgIpc) is 2.56. The number of alkyl carbamates (subject to hydrolysis) is 1. The van der Waals surface area contributed by atoms with Crippen LogP contribution in [0.25, 0.3) is 0 Å². The molecule has 27 heavy (non-hydrogen) atoms. The lowest BCUT2D eigenvalue weighted by atomic mass is 9.69. The Morgan fingerprint density at radius 1 is 1.37 bits per heavy atom. The van der Waals surface area contributed by atoms with Gasteiger partial charge in [-0.05, 0) is 51.7 Å². The molecular weight excluding hydrogens is 372 g/mol. The molecule has 1 aromatic carbocycles. The minimum Gasteiger partial charge on any atom is -0.444 e. The maximum absolute atomic E-state index is 14.7. The molecule has 0 saturated heterocycles. The summed E-state index contributed by atoms with van der Waals surface area (Å²) >= 11 is 1.40. The Morgan fingerprint density at radius 3 is 2.81 bits per heavy atom. The van der Waals surface area contributed by atoms with E-state index in [-0.39, 0.29) is 17.2 Å². The van der Waals surface area contributed by atoms with Gasteiger partial charge < -0.3 is 10.5 Å². The van der Waals surface area contributed by atoms with E-state index in [2.05, 4.69) is 5.32 Å². The molecule has 2 aliphatic rings. The number of thioether (sulfide) groups is 1. The maximum atomic E-state index is 14.7. The number of carbonyl (C=O) groups is 1. The summed E-state index contributed by atoms with van der Waals surface area (Å²) in [6.07, 6.45) is 2.70. The molecule has 1 saturated carbocycles. The van der Waals surface area contributed by atoms with Crippen LogP contribution in [0.15, 0.2) is 17.1 Å². The van der Waals surface area contributed by atoms with E-state index in [4.69, 9.17) is 15.5 Å². The van der Waals surface area contributed by atoms with Crippen molar-refractivity contribution in [2.24, 2.45) is 10.9 Å². The van der Waals surface area contributed by atoms with Gasteiger partial charge in [-0.2, -0.15) is 0 Å². The van der Waals surface area contributed by atoms with Crippen LogP contribution < -0.4 is 11.1 Å². The van der Waals surface area contributed by atoms with Crippen molar-refractivity contribution in [1.82, 2.24) is 5.32 Å². The lowest BCUT2D eigenvalue weighted by Crippen LogP contribution is -2.45. The second kappa shape index (κ2) is 7.30. The fourth-order valence-electron chi connectivity index (χ4n) is 3.78. The minimum atomic E-state index is -0.973. The van der Waals surface area contributed by atoms with Gasteiger partial charge in [-0.1, -0.05) is 24.6 Å².